The second-order valence-electron chi connectivity index (χ2n) is 8.03. The summed E-state index contributed by atoms with van der Waals surface area (Å²) in [6.45, 7) is 3.93. The molecule has 0 aliphatic rings. The number of rotatable bonds is 4. The van der Waals surface area contributed by atoms with E-state index in [1.165, 1.54) is 28.2 Å². The molecule has 0 unspecified atom stereocenters. The third-order valence-corrected chi connectivity index (χ3v) is 6.56. The van der Waals surface area contributed by atoms with Crippen LogP contribution in [0.25, 0.3) is 37.6 Å². The van der Waals surface area contributed by atoms with E-state index in [4.69, 9.17) is 4.74 Å². The number of nitrogens with zero attached hydrogens (tertiary/aromatic N) is 7. The molecular weight excluding hydrogens is 479 g/mol. The van der Waals surface area contributed by atoms with Crippen LogP contribution in [-0.4, -0.2) is 34.3 Å². The van der Waals surface area contributed by atoms with Gasteiger partial charge in [0.05, 0.1) is 11.1 Å². The molecule has 0 aliphatic heterocycles. The Balaban J connectivity index is 1.30. The van der Waals surface area contributed by atoms with E-state index >= 15 is 0 Å². The van der Waals surface area contributed by atoms with Crippen LogP contribution >= 0.6 is 11.3 Å². The molecule has 0 atom stereocenters. The summed E-state index contributed by atoms with van der Waals surface area (Å²) in [5.41, 5.74) is 3.27. The molecule has 0 spiro atoms. The fraction of sp³-hybridized carbons (Fsp3) is 0.174. The molecule has 35 heavy (non-hydrogen) atoms. The van der Waals surface area contributed by atoms with Crippen LogP contribution in [0, 0.1) is 13.8 Å². The molecular formula is C23H16F3N7OS. The second kappa shape index (κ2) is 7.73. The van der Waals surface area contributed by atoms with Crippen LogP contribution in [0.3, 0.4) is 0 Å². The first-order valence-electron chi connectivity index (χ1n) is 10.5. The summed E-state index contributed by atoms with van der Waals surface area (Å²) in [5.74, 6) is 0.496. The summed E-state index contributed by atoms with van der Waals surface area (Å²) >= 11 is 1.52. The summed E-state index contributed by atoms with van der Waals surface area (Å²) in [5, 5.41) is 9.93. The molecule has 6 rings (SSSR count). The summed E-state index contributed by atoms with van der Waals surface area (Å²) in [4.78, 5) is 14.8. The molecule has 0 N–H and O–H groups in total. The summed E-state index contributed by atoms with van der Waals surface area (Å²) in [6, 6.07) is 8.46. The largest absolute Gasteiger partial charge is 0.471 e. The van der Waals surface area contributed by atoms with Crippen molar-refractivity contribution in [3.05, 3.63) is 65.7 Å². The number of hydrogen-bond acceptors (Lipinski definition) is 7. The van der Waals surface area contributed by atoms with Gasteiger partial charge in [-0.05, 0) is 49.7 Å². The van der Waals surface area contributed by atoms with Crippen LogP contribution in [0.5, 0.6) is 5.75 Å². The second-order valence-corrected chi connectivity index (χ2v) is 9.03. The maximum atomic E-state index is 12.9. The number of hydrogen-bond donors (Lipinski definition) is 0. The number of thiophene rings is 1. The first kappa shape index (κ1) is 21.5. The van der Waals surface area contributed by atoms with E-state index in [2.05, 4.69) is 25.1 Å². The van der Waals surface area contributed by atoms with E-state index in [0.29, 0.717) is 17.2 Å². The molecule has 6 aromatic rings. The SMILES string of the molecule is Cc1cc(C)c2c(n1)sc1c2ncn2nc(-c3ccn(COc4cccc(C(F)(F)F)c4)n3)nc12. The lowest BCUT2D eigenvalue weighted by atomic mass is 10.1. The van der Waals surface area contributed by atoms with E-state index in [1.54, 1.807) is 23.1 Å². The van der Waals surface area contributed by atoms with Crippen LogP contribution in [0.4, 0.5) is 13.2 Å². The zero-order chi connectivity index (χ0) is 24.3. The van der Waals surface area contributed by atoms with Crippen molar-refractivity contribution in [3.8, 4) is 17.3 Å². The lowest BCUT2D eigenvalue weighted by Gasteiger charge is -2.10. The number of benzene rings is 1. The normalized spacial score (nSPS) is 12.3. The molecule has 0 amide bonds. The Bertz CT molecular complexity index is 1730. The van der Waals surface area contributed by atoms with Crippen molar-refractivity contribution in [2.75, 3.05) is 0 Å². The van der Waals surface area contributed by atoms with Crippen LogP contribution in [0.2, 0.25) is 0 Å². The molecule has 8 nitrogen and oxygen atoms in total. The third-order valence-electron chi connectivity index (χ3n) is 5.49. The molecule has 0 aliphatic carbocycles. The molecule has 0 bridgehead atoms. The average Bonchev–Trinajstić information content (AvgIpc) is 3.52. The van der Waals surface area contributed by atoms with Gasteiger partial charge in [0.2, 0.25) is 5.82 Å². The predicted molar refractivity (Wildman–Crippen MR) is 124 cm³/mol. The Morgan fingerprint density at radius 2 is 1.91 bits per heavy atom. The van der Waals surface area contributed by atoms with Gasteiger partial charge < -0.3 is 4.74 Å². The van der Waals surface area contributed by atoms with Gasteiger partial charge >= 0.3 is 6.18 Å². The number of halogens is 3. The first-order chi connectivity index (χ1) is 16.8. The first-order valence-corrected chi connectivity index (χ1v) is 11.3. The number of pyridine rings is 1. The van der Waals surface area contributed by atoms with Crippen molar-refractivity contribution in [2.45, 2.75) is 26.8 Å². The lowest BCUT2D eigenvalue weighted by molar-refractivity contribution is -0.137. The van der Waals surface area contributed by atoms with Gasteiger partial charge in [-0.3, -0.25) is 0 Å². The van der Waals surface area contributed by atoms with Crippen LogP contribution in [-0.2, 0) is 12.9 Å². The van der Waals surface area contributed by atoms with Crippen molar-refractivity contribution >= 4 is 37.4 Å². The van der Waals surface area contributed by atoms with Crippen LogP contribution in [0.15, 0.2) is 48.9 Å². The van der Waals surface area contributed by atoms with Crippen LogP contribution < -0.4 is 4.74 Å². The molecule has 5 heterocycles. The van der Waals surface area contributed by atoms with E-state index in [-0.39, 0.29) is 12.5 Å². The van der Waals surface area contributed by atoms with Crippen molar-refractivity contribution in [2.24, 2.45) is 0 Å². The Kier molecular flexibility index (Phi) is 4.74. The van der Waals surface area contributed by atoms with E-state index in [9.17, 15) is 13.2 Å². The quantitative estimate of drug-likeness (QED) is 0.325. The maximum absolute atomic E-state index is 12.9. The molecule has 5 aromatic heterocycles. The van der Waals surface area contributed by atoms with Crippen molar-refractivity contribution in [3.63, 3.8) is 0 Å². The predicted octanol–water partition coefficient (Wildman–Crippen LogP) is 5.42. The zero-order valence-electron chi connectivity index (χ0n) is 18.4. The van der Waals surface area contributed by atoms with Gasteiger partial charge in [0.25, 0.3) is 0 Å². The Labute approximate surface area is 199 Å². The maximum Gasteiger partial charge on any atom is 0.416 e. The Morgan fingerprint density at radius 1 is 1.06 bits per heavy atom. The summed E-state index contributed by atoms with van der Waals surface area (Å²) < 4.78 is 48.2. The minimum atomic E-state index is -4.44. The fourth-order valence-electron chi connectivity index (χ4n) is 3.93. The van der Waals surface area contributed by atoms with Gasteiger partial charge in [-0.1, -0.05) is 6.07 Å². The molecule has 0 fully saturated rings. The molecule has 0 saturated heterocycles. The minimum absolute atomic E-state index is 0.0684. The van der Waals surface area contributed by atoms with Gasteiger partial charge in [0.1, 0.15) is 27.3 Å². The fourth-order valence-corrected chi connectivity index (χ4v) is 5.16. The van der Waals surface area contributed by atoms with Gasteiger partial charge in [-0.15, -0.1) is 16.4 Å². The Morgan fingerprint density at radius 3 is 2.74 bits per heavy atom. The number of alkyl halides is 3. The minimum Gasteiger partial charge on any atom is -0.471 e. The van der Waals surface area contributed by atoms with E-state index in [1.807, 2.05) is 19.9 Å². The van der Waals surface area contributed by atoms with Crippen LogP contribution in [0.1, 0.15) is 16.8 Å². The standard InChI is InChI=1S/C23H16F3N7OS/c1-12-8-13(2)28-22-17(12)18-19(35-22)21-29-20(31-33(21)10-27-18)16-6-7-32(30-16)11-34-15-5-3-4-14(9-15)23(24,25)26/h3-10H,11H2,1-2H3. The van der Waals surface area contributed by atoms with Crippen molar-refractivity contribution in [1.82, 2.24) is 34.3 Å². The van der Waals surface area contributed by atoms with Gasteiger partial charge in [0.15, 0.2) is 12.4 Å². The molecule has 12 heteroatoms. The highest BCUT2D eigenvalue weighted by Gasteiger charge is 2.30. The Hall–Kier alpha value is -4.06. The third kappa shape index (κ3) is 3.75. The number of fused-ring (bicyclic) bond motifs is 5. The highest BCUT2D eigenvalue weighted by atomic mass is 32.1. The molecule has 0 saturated carbocycles. The number of aromatic nitrogens is 7. The van der Waals surface area contributed by atoms with E-state index < -0.39 is 11.7 Å². The summed E-state index contributed by atoms with van der Waals surface area (Å²) in [6.07, 6.45) is -1.17. The zero-order valence-corrected chi connectivity index (χ0v) is 19.2. The lowest BCUT2D eigenvalue weighted by Crippen LogP contribution is -2.08. The highest BCUT2D eigenvalue weighted by molar-refractivity contribution is 7.26. The molecule has 0 radical (unpaired) electrons. The topological polar surface area (TPSA) is 83.0 Å². The number of ether oxygens (including phenoxy) is 1. The smallest absolute Gasteiger partial charge is 0.416 e. The van der Waals surface area contributed by atoms with Gasteiger partial charge in [-0.25, -0.2) is 24.1 Å². The van der Waals surface area contributed by atoms with Crippen molar-refractivity contribution < 1.29 is 17.9 Å². The van der Waals surface area contributed by atoms with Gasteiger partial charge in [0, 0.05) is 17.3 Å². The van der Waals surface area contributed by atoms with E-state index in [0.717, 1.165) is 43.8 Å². The highest BCUT2D eigenvalue weighted by Crippen LogP contribution is 2.36. The number of aryl methyl sites for hydroxylation is 2. The molecule has 176 valence electrons. The van der Waals surface area contributed by atoms with Gasteiger partial charge in [-0.2, -0.15) is 18.3 Å². The monoisotopic (exact) mass is 495 g/mol. The summed E-state index contributed by atoms with van der Waals surface area (Å²) in [7, 11) is 0. The average molecular weight is 495 g/mol. The van der Waals surface area contributed by atoms with Crippen molar-refractivity contribution in [1.29, 1.82) is 0 Å². The molecule has 1 aromatic carbocycles.